The lowest BCUT2D eigenvalue weighted by Gasteiger charge is -2.14. The van der Waals surface area contributed by atoms with E-state index in [4.69, 9.17) is 4.74 Å². The Morgan fingerprint density at radius 2 is 1.90 bits per heavy atom. The van der Waals surface area contributed by atoms with E-state index in [-0.39, 0.29) is 11.3 Å². The van der Waals surface area contributed by atoms with Gasteiger partial charge in [0.2, 0.25) is 5.56 Å². The molecular weight excluding hydrogens is 390 g/mol. The molecule has 0 saturated heterocycles. The number of esters is 1. The topological polar surface area (TPSA) is 112 Å². The van der Waals surface area contributed by atoms with Crippen LogP contribution in [0.5, 0.6) is 0 Å². The third-order valence-corrected chi connectivity index (χ3v) is 5.15. The normalized spacial score (nSPS) is 11.6. The van der Waals surface area contributed by atoms with Gasteiger partial charge in [-0.05, 0) is 43.0 Å². The van der Waals surface area contributed by atoms with Gasteiger partial charge in [0.1, 0.15) is 6.07 Å². The third-order valence-electron chi connectivity index (χ3n) is 4.17. The lowest BCUT2D eigenvalue weighted by molar-refractivity contribution is -0.150. The summed E-state index contributed by atoms with van der Waals surface area (Å²) in [7, 11) is 0. The highest BCUT2D eigenvalue weighted by Gasteiger charge is 2.19. The summed E-state index contributed by atoms with van der Waals surface area (Å²) in [5, 5.41) is 12.2. The Bertz CT molecular complexity index is 990. The Morgan fingerprint density at radius 1 is 1.24 bits per heavy atom. The van der Waals surface area contributed by atoms with Crippen LogP contribution < -0.4 is 10.9 Å². The van der Waals surface area contributed by atoms with E-state index in [2.05, 4.69) is 24.1 Å². The minimum Gasteiger partial charge on any atom is -0.452 e. The molecule has 0 spiro atoms. The van der Waals surface area contributed by atoms with Gasteiger partial charge in [-0.1, -0.05) is 37.7 Å². The quantitative estimate of drug-likeness (QED) is 0.532. The van der Waals surface area contributed by atoms with Crippen LogP contribution in [0.1, 0.15) is 43.4 Å². The number of hydrogen-bond acceptors (Lipinski definition) is 6. The number of H-pyrrole nitrogens is 1. The molecule has 0 unspecified atom stereocenters. The number of aryl methyl sites for hydroxylation is 1. The van der Waals surface area contributed by atoms with Crippen LogP contribution in [0.25, 0.3) is 0 Å². The molecule has 0 saturated carbocycles. The fraction of sp³-hybridized carbons (Fsp3) is 0.333. The number of anilines is 1. The second kappa shape index (κ2) is 9.94. The van der Waals surface area contributed by atoms with E-state index in [0.717, 1.165) is 17.3 Å². The number of ether oxygens (including phenoxy) is 1. The molecule has 2 rings (SSSR count). The van der Waals surface area contributed by atoms with Gasteiger partial charge in [0, 0.05) is 11.8 Å². The number of nitrogens with one attached hydrogen (secondary N) is 2. The minimum atomic E-state index is -0.986. The molecule has 0 aliphatic rings. The average molecular weight is 413 g/mol. The Hall–Kier alpha value is -3.05. The second-order valence-corrected chi connectivity index (χ2v) is 7.80. The van der Waals surface area contributed by atoms with Gasteiger partial charge in [-0.3, -0.25) is 14.4 Å². The molecule has 0 radical (unpaired) electrons. The van der Waals surface area contributed by atoms with Crippen LogP contribution in [0.4, 0.5) is 5.69 Å². The molecule has 0 aliphatic carbocycles. The maximum atomic E-state index is 12.2. The van der Waals surface area contributed by atoms with Crippen LogP contribution in [-0.2, 0) is 14.3 Å². The maximum Gasteiger partial charge on any atom is 0.317 e. The predicted octanol–water partition coefficient (Wildman–Crippen LogP) is 3.34. The summed E-state index contributed by atoms with van der Waals surface area (Å²) in [6, 6.07) is 10.8. The summed E-state index contributed by atoms with van der Waals surface area (Å²) in [4.78, 5) is 38.4. The number of rotatable bonds is 7. The van der Waals surface area contributed by atoms with Crippen molar-refractivity contribution in [2.75, 3.05) is 11.1 Å². The zero-order valence-electron chi connectivity index (χ0n) is 16.7. The molecule has 29 heavy (non-hydrogen) atoms. The predicted molar refractivity (Wildman–Crippen MR) is 112 cm³/mol. The number of hydrogen-bond donors (Lipinski definition) is 2. The molecule has 1 atom stereocenters. The number of aromatic amines is 1. The van der Waals surface area contributed by atoms with Crippen LogP contribution in [-0.4, -0.2) is 28.7 Å². The molecule has 7 nitrogen and oxygen atoms in total. The van der Waals surface area contributed by atoms with E-state index in [1.165, 1.54) is 13.0 Å². The van der Waals surface area contributed by atoms with Gasteiger partial charge in [-0.2, -0.15) is 5.26 Å². The summed E-state index contributed by atoms with van der Waals surface area (Å²) in [5.74, 6) is -0.821. The van der Waals surface area contributed by atoms with Crippen molar-refractivity contribution in [3.05, 3.63) is 57.4 Å². The number of nitriles is 1. The molecule has 152 valence electrons. The summed E-state index contributed by atoms with van der Waals surface area (Å²) >= 11 is 0.986. The SMILES string of the molecule is Cc1cc(=O)[nH]c(SCC(=O)O[C@@H](C)C(=O)Nc2ccc(C(C)C)cc2)c1C#N. The number of amides is 1. The van der Waals surface area contributed by atoms with Crippen molar-refractivity contribution >= 4 is 29.3 Å². The summed E-state index contributed by atoms with van der Waals surface area (Å²) in [5.41, 5.74) is 2.26. The van der Waals surface area contributed by atoms with Gasteiger partial charge in [0.05, 0.1) is 16.3 Å². The first-order valence-corrected chi connectivity index (χ1v) is 10.1. The number of carbonyl (C=O) groups excluding carboxylic acids is 2. The van der Waals surface area contributed by atoms with Crippen molar-refractivity contribution < 1.29 is 14.3 Å². The highest BCUT2D eigenvalue weighted by Crippen LogP contribution is 2.21. The Kier molecular flexibility index (Phi) is 7.62. The molecule has 2 aromatic rings. The Balaban J connectivity index is 1.91. The summed E-state index contributed by atoms with van der Waals surface area (Å²) in [6.45, 7) is 7.30. The van der Waals surface area contributed by atoms with E-state index in [0.29, 0.717) is 27.8 Å². The maximum absolute atomic E-state index is 12.2. The first-order valence-electron chi connectivity index (χ1n) is 9.08. The Labute approximate surface area is 173 Å². The molecule has 1 aromatic heterocycles. The lowest BCUT2D eigenvalue weighted by atomic mass is 10.0. The number of carbonyl (C=O) groups is 2. The number of pyridine rings is 1. The van der Waals surface area contributed by atoms with Crippen molar-refractivity contribution in [1.82, 2.24) is 4.98 Å². The van der Waals surface area contributed by atoms with Crippen molar-refractivity contribution in [3.63, 3.8) is 0 Å². The van der Waals surface area contributed by atoms with E-state index >= 15 is 0 Å². The van der Waals surface area contributed by atoms with E-state index < -0.39 is 18.0 Å². The standard InChI is InChI=1S/C21H23N3O4S/c1-12(2)15-5-7-16(8-6-15)23-20(27)14(4)28-19(26)11-29-21-17(10-22)13(3)9-18(25)24-21/h5-9,12,14H,11H2,1-4H3,(H,23,27)(H,24,25)/t14-/m0/s1. The first-order chi connectivity index (χ1) is 13.7. The second-order valence-electron chi connectivity index (χ2n) is 6.82. The highest BCUT2D eigenvalue weighted by molar-refractivity contribution is 7.99. The Morgan fingerprint density at radius 3 is 2.48 bits per heavy atom. The summed E-state index contributed by atoms with van der Waals surface area (Å²) in [6.07, 6.45) is -0.986. The average Bonchev–Trinajstić information content (AvgIpc) is 2.66. The van der Waals surface area contributed by atoms with Gasteiger partial charge in [0.15, 0.2) is 6.10 Å². The van der Waals surface area contributed by atoms with Crippen LogP contribution >= 0.6 is 11.8 Å². The molecule has 0 aliphatic heterocycles. The molecule has 2 N–H and O–H groups in total. The fourth-order valence-electron chi connectivity index (χ4n) is 2.52. The van der Waals surface area contributed by atoms with E-state index in [1.54, 1.807) is 19.1 Å². The number of nitrogens with zero attached hydrogens (tertiary/aromatic N) is 1. The number of thioether (sulfide) groups is 1. The van der Waals surface area contributed by atoms with Crippen molar-refractivity contribution in [3.8, 4) is 6.07 Å². The zero-order chi connectivity index (χ0) is 21.6. The van der Waals surface area contributed by atoms with E-state index in [9.17, 15) is 19.6 Å². The number of aromatic nitrogens is 1. The highest BCUT2D eigenvalue weighted by atomic mass is 32.2. The monoisotopic (exact) mass is 413 g/mol. The largest absolute Gasteiger partial charge is 0.452 e. The smallest absolute Gasteiger partial charge is 0.317 e. The van der Waals surface area contributed by atoms with Gasteiger partial charge in [-0.25, -0.2) is 0 Å². The molecule has 0 bridgehead atoms. The lowest BCUT2D eigenvalue weighted by Crippen LogP contribution is -2.30. The molecule has 1 heterocycles. The molecule has 1 amide bonds. The fourth-order valence-corrected chi connectivity index (χ4v) is 3.37. The number of benzene rings is 1. The third kappa shape index (κ3) is 6.22. The first kappa shape index (κ1) is 22.2. The van der Waals surface area contributed by atoms with Crippen molar-refractivity contribution in [2.24, 2.45) is 0 Å². The van der Waals surface area contributed by atoms with Crippen molar-refractivity contribution in [1.29, 1.82) is 5.26 Å². The van der Waals surface area contributed by atoms with Gasteiger partial charge >= 0.3 is 5.97 Å². The van der Waals surface area contributed by atoms with Crippen molar-refractivity contribution in [2.45, 2.75) is 44.7 Å². The summed E-state index contributed by atoms with van der Waals surface area (Å²) < 4.78 is 5.16. The van der Waals surface area contributed by atoms with Crippen LogP contribution in [0.2, 0.25) is 0 Å². The van der Waals surface area contributed by atoms with Crippen LogP contribution in [0.15, 0.2) is 40.2 Å². The van der Waals surface area contributed by atoms with Crippen LogP contribution in [0.3, 0.4) is 0 Å². The van der Waals surface area contributed by atoms with Crippen LogP contribution in [0, 0.1) is 18.3 Å². The zero-order valence-corrected chi connectivity index (χ0v) is 17.6. The van der Waals surface area contributed by atoms with Gasteiger partial charge < -0.3 is 15.0 Å². The molecular formula is C21H23N3O4S. The minimum absolute atomic E-state index is 0.144. The molecule has 0 fully saturated rings. The van der Waals surface area contributed by atoms with E-state index in [1.807, 2.05) is 18.2 Å². The van der Waals surface area contributed by atoms with Gasteiger partial charge in [-0.15, -0.1) is 0 Å². The van der Waals surface area contributed by atoms with Gasteiger partial charge in [0.25, 0.3) is 5.91 Å². The molecule has 1 aromatic carbocycles. The molecule has 8 heteroatoms.